The molecule has 1 heterocycles. The predicted molar refractivity (Wildman–Crippen MR) is 95.9 cm³/mol. The van der Waals surface area contributed by atoms with Crippen molar-refractivity contribution >= 4 is 17.5 Å². The van der Waals surface area contributed by atoms with E-state index in [9.17, 15) is 9.59 Å². The second-order valence-corrected chi connectivity index (χ2v) is 6.96. The van der Waals surface area contributed by atoms with E-state index in [-0.39, 0.29) is 23.8 Å². The Morgan fingerprint density at radius 3 is 2.71 bits per heavy atom. The monoisotopic (exact) mass is 332 g/mol. The Labute approximate surface area is 144 Å². The number of primary amides is 1. The number of piperidine rings is 1. The lowest BCUT2D eigenvalue weighted by Gasteiger charge is -2.32. The van der Waals surface area contributed by atoms with Gasteiger partial charge in [-0.15, -0.1) is 0 Å². The third-order valence-corrected chi connectivity index (χ3v) is 5.33. The highest BCUT2D eigenvalue weighted by molar-refractivity contribution is 5.94. The Kier molecular flexibility index (Phi) is 6.37. The molecule has 4 N–H and O–H groups in total. The molecule has 1 saturated heterocycles. The van der Waals surface area contributed by atoms with Crippen molar-refractivity contribution in [3.63, 3.8) is 0 Å². The van der Waals surface area contributed by atoms with Gasteiger partial charge in [0.05, 0.1) is 19.0 Å². The van der Waals surface area contributed by atoms with Crippen molar-refractivity contribution in [3.8, 4) is 0 Å². The number of para-hydroxylation sites is 1. The molecular weight excluding hydrogens is 302 g/mol. The molecule has 1 aliphatic rings. The molecule has 1 aromatic carbocycles. The van der Waals surface area contributed by atoms with Crippen LogP contribution in [0.3, 0.4) is 0 Å². The highest BCUT2D eigenvalue weighted by Crippen LogP contribution is 2.26. The molecule has 1 unspecified atom stereocenters. The summed E-state index contributed by atoms with van der Waals surface area (Å²) in [5.41, 5.74) is 7.51. The molecule has 0 bridgehead atoms. The van der Waals surface area contributed by atoms with Crippen molar-refractivity contribution in [2.24, 2.45) is 11.7 Å². The standard InChI is InChI=1S/C19H29N3O2/c1-4-13(2)16-9-5-6-10-17(16)21-19(24)14(3)22-11-7-8-15(12-22)18(20)23/h5-6,9-10,13-15H,4,7-8,11-12H2,1-3H3,(H2,20,23)(H,21,24)/p+1/t13-,14-,15+/m1/s1. The molecule has 2 rings (SSSR count). The summed E-state index contributed by atoms with van der Waals surface area (Å²) in [5, 5.41) is 3.09. The van der Waals surface area contributed by atoms with Crippen LogP contribution in [0.2, 0.25) is 0 Å². The van der Waals surface area contributed by atoms with Crippen LogP contribution in [0, 0.1) is 5.92 Å². The number of nitrogens with one attached hydrogen (secondary N) is 2. The van der Waals surface area contributed by atoms with Crippen LogP contribution in [-0.2, 0) is 9.59 Å². The maximum atomic E-state index is 12.7. The van der Waals surface area contributed by atoms with Gasteiger partial charge in [-0.05, 0) is 43.7 Å². The topological polar surface area (TPSA) is 76.6 Å². The lowest BCUT2D eigenvalue weighted by Crippen LogP contribution is -3.18. The maximum Gasteiger partial charge on any atom is 0.282 e. The fourth-order valence-corrected chi connectivity index (χ4v) is 3.42. The zero-order valence-corrected chi connectivity index (χ0v) is 15.0. The Balaban J connectivity index is 2.05. The van der Waals surface area contributed by atoms with Gasteiger partial charge in [0.25, 0.3) is 5.91 Å². The molecule has 0 saturated carbocycles. The zero-order valence-electron chi connectivity index (χ0n) is 15.0. The quantitative estimate of drug-likeness (QED) is 0.734. The van der Waals surface area contributed by atoms with Crippen molar-refractivity contribution in [2.45, 2.75) is 52.0 Å². The molecule has 1 aromatic rings. The average molecular weight is 332 g/mol. The molecule has 0 aromatic heterocycles. The summed E-state index contributed by atoms with van der Waals surface area (Å²) in [5.74, 6) is 0.0441. The fourth-order valence-electron chi connectivity index (χ4n) is 3.42. The molecule has 0 spiro atoms. The lowest BCUT2D eigenvalue weighted by atomic mass is 9.95. The third kappa shape index (κ3) is 4.35. The SMILES string of the molecule is CC[C@@H](C)c1ccccc1NC(=O)[C@@H](C)[NH+]1CCC[C@H](C(N)=O)C1. The molecule has 0 radical (unpaired) electrons. The van der Waals surface area contributed by atoms with Gasteiger partial charge in [-0.1, -0.05) is 32.0 Å². The molecule has 5 heteroatoms. The van der Waals surface area contributed by atoms with E-state index < -0.39 is 0 Å². The van der Waals surface area contributed by atoms with E-state index in [2.05, 4.69) is 25.2 Å². The van der Waals surface area contributed by atoms with Crippen molar-refractivity contribution in [1.29, 1.82) is 0 Å². The summed E-state index contributed by atoms with van der Waals surface area (Å²) in [6, 6.07) is 7.80. The van der Waals surface area contributed by atoms with Crippen LogP contribution in [0.15, 0.2) is 24.3 Å². The first-order valence-electron chi connectivity index (χ1n) is 8.97. The zero-order chi connectivity index (χ0) is 17.7. The Bertz CT molecular complexity index is 588. The van der Waals surface area contributed by atoms with Crippen LogP contribution >= 0.6 is 0 Å². The molecule has 132 valence electrons. The maximum absolute atomic E-state index is 12.7. The number of carbonyl (C=O) groups is 2. The minimum atomic E-state index is -0.248. The summed E-state index contributed by atoms with van der Waals surface area (Å²) in [6.07, 6.45) is 2.80. The van der Waals surface area contributed by atoms with Gasteiger partial charge in [-0.3, -0.25) is 9.59 Å². The van der Waals surface area contributed by atoms with Crippen molar-refractivity contribution in [2.75, 3.05) is 18.4 Å². The molecule has 2 amide bonds. The Morgan fingerprint density at radius 2 is 2.04 bits per heavy atom. The highest BCUT2D eigenvalue weighted by atomic mass is 16.2. The fraction of sp³-hybridized carbons (Fsp3) is 0.579. The van der Waals surface area contributed by atoms with Crippen LogP contribution in [0.5, 0.6) is 0 Å². The van der Waals surface area contributed by atoms with E-state index in [1.807, 2.05) is 25.1 Å². The van der Waals surface area contributed by atoms with E-state index >= 15 is 0 Å². The van der Waals surface area contributed by atoms with Crippen molar-refractivity contribution in [1.82, 2.24) is 0 Å². The smallest absolute Gasteiger partial charge is 0.282 e. The third-order valence-electron chi connectivity index (χ3n) is 5.33. The average Bonchev–Trinajstić information content (AvgIpc) is 2.60. The van der Waals surface area contributed by atoms with Gasteiger partial charge in [0, 0.05) is 5.69 Å². The summed E-state index contributed by atoms with van der Waals surface area (Å²) in [7, 11) is 0. The summed E-state index contributed by atoms with van der Waals surface area (Å²) in [6.45, 7) is 7.80. The van der Waals surface area contributed by atoms with Crippen LogP contribution in [0.1, 0.15) is 51.5 Å². The molecule has 5 nitrogen and oxygen atoms in total. The van der Waals surface area contributed by atoms with E-state index in [4.69, 9.17) is 5.73 Å². The second-order valence-electron chi connectivity index (χ2n) is 6.96. The van der Waals surface area contributed by atoms with Gasteiger partial charge in [0.2, 0.25) is 5.91 Å². The van der Waals surface area contributed by atoms with E-state index in [1.165, 1.54) is 5.56 Å². The minimum absolute atomic E-state index is 0.00544. The number of amides is 2. The van der Waals surface area contributed by atoms with Crippen LogP contribution < -0.4 is 16.0 Å². The Hall–Kier alpha value is -1.88. The van der Waals surface area contributed by atoms with Crippen molar-refractivity contribution in [3.05, 3.63) is 29.8 Å². The number of hydrogen-bond donors (Lipinski definition) is 3. The molecule has 1 fully saturated rings. The summed E-state index contributed by atoms with van der Waals surface area (Å²) in [4.78, 5) is 25.3. The van der Waals surface area contributed by atoms with Crippen molar-refractivity contribution < 1.29 is 14.5 Å². The molecule has 24 heavy (non-hydrogen) atoms. The van der Waals surface area contributed by atoms with Crippen LogP contribution in [0.25, 0.3) is 0 Å². The molecule has 0 aliphatic carbocycles. The number of benzene rings is 1. The van der Waals surface area contributed by atoms with E-state index in [0.29, 0.717) is 12.5 Å². The second kappa shape index (κ2) is 8.29. The summed E-state index contributed by atoms with van der Waals surface area (Å²) >= 11 is 0. The molecular formula is C19H30N3O2+. The molecule has 4 atom stereocenters. The lowest BCUT2D eigenvalue weighted by molar-refractivity contribution is -0.921. The number of likely N-dealkylation sites (tertiary alicyclic amines) is 1. The summed E-state index contributed by atoms with van der Waals surface area (Å²) < 4.78 is 0. The first-order valence-corrected chi connectivity index (χ1v) is 8.97. The highest BCUT2D eigenvalue weighted by Gasteiger charge is 2.33. The predicted octanol–water partition coefficient (Wildman–Crippen LogP) is 1.31. The van der Waals surface area contributed by atoms with Gasteiger partial charge < -0.3 is 16.0 Å². The van der Waals surface area contributed by atoms with Crippen LogP contribution in [0.4, 0.5) is 5.69 Å². The van der Waals surface area contributed by atoms with Gasteiger partial charge >= 0.3 is 0 Å². The number of rotatable bonds is 6. The number of carbonyl (C=O) groups excluding carboxylic acids is 2. The normalized spacial score (nSPS) is 23.3. The molecule has 1 aliphatic heterocycles. The van der Waals surface area contributed by atoms with Gasteiger partial charge in [-0.25, -0.2) is 0 Å². The van der Waals surface area contributed by atoms with Gasteiger partial charge in [0.1, 0.15) is 0 Å². The van der Waals surface area contributed by atoms with E-state index in [1.54, 1.807) is 0 Å². The Morgan fingerprint density at radius 1 is 1.33 bits per heavy atom. The number of anilines is 1. The van der Waals surface area contributed by atoms with Crippen LogP contribution in [-0.4, -0.2) is 30.9 Å². The number of nitrogens with two attached hydrogens (primary N) is 1. The minimum Gasteiger partial charge on any atom is -0.369 e. The number of quaternary nitrogens is 1. The van der Waals surface area contributed by atoms with Gasteiger partial charge in [-0.2, -0.15) is 0 Å². The first kappa shape index (κ1) is 18.5. The van der Waals surface area contributed by atoms with E-state index in [0.717, 1.165) is 36.4 Å². The largest absolute Gasteiger partial charge is 0.369 e. The first-order chi connectivity index (χ1) is 11.4. The number of hydrogen-bond acceptors (Lipinski definition) is 2. The van der Waals surface area contributed by atoms with Gasteiger partial charge in [0.15, 0.2) is 6.04 Å².